The average molecular weight is 501 g/mol. The number of benzene rings is 3. The van der Waals surface area contributed by atoms with Gasteiger partial charge in [-0.1, -0.05) is 23.7 Å². The number of nitrogens with one attached hydrogen (secondary N) is 1. The molecule has 0 aliphatic heterocycles. The van der Waals surface area contributed by atoms with E-state index in [9.17, 15) is 26.4 Å². The van der Waals surface area contributed by atoms with E-state index >= 15 is 0 Å². The number of carbonyl (C=O) groups is 1. The maximum absolute atomic E-state index is 13.7. The number of alkyl halides is 3. The van der Waals surface area contributed by atoms with Crippen molar-refractivity contribution >= 4 is 33.2 Å². The Kier molecular flexibility index (Phi) is 6.86. The topological polar surface area (TPSA) is 108 Å². The molecular formula is C21H16ClF3N2O5S. The van der Waals surface area contributed by atoms with Crippen LogP contribution in [0.4, 0.5) is 18.9 Å². The zero-order chi connectivity index (χ0) is 24.4. The molecule has 0 saturated heterocycles. The second-order valence-electron chi connectivity index (χ2n) is 6.60. The second-order valence-corrected chi connectivity index (χ2v) is 8.57. The van der Waals surface area contributed by atoms with Crippen LogP contribution in [0.3, 0.4) is 0 Å². The molecule has 0 saturated carbocycles. The molecule has 3 N–H and O–H groups in total. The highest BCUT2D eigenvalue weighted by molar-refractivity contribution is 7.89. The van der Waals surface area contributed by atoms with E-state index in [0.717, 1.165) is 18.2 Å². The predicted molar refractivity (Wildman–Crippen MR) is 115 cm³/mol. The Morgan fingerprint density at radius 3 is 2.33 bits per heavy atom. The number of anilines is 1. The first kappa shape index (κ1) is 24.4. The highest BCUT2D eigenvalue weighted by atomic mass is 35.5. The number of rotatable bonds is 6. The molecule has 0 heterocycles. The van der Waals surface area contributed by atoms with Crippen molar-refractivity contribution in [3.8, 4) is 17.2 Å². The summed E-state index contributed by atoms with van der Waals surface area (Å²) in [6.45, 7) is 0. The van der Waals surface area contributed by atoms with Crippen molar-refractivity contribution in [3.05, 3.63) is 76.8 Å². The van der Waals surface area contributed by atoms with Gasteiger partial charge in [-0.05, 0) is 42.5 Å². The molecule has 0 aromatic heterocycles. The van der Waals surface area contributed by atoms with E-state index in [2.05, 4.69) is 5.32 Å². The summed E-state index contributed by atoms with van der Waals surface area (Å²) in [5.41, 5.74) is -2.17. The van der Waals surface area contributed by atoms with Gasteiger partial charge in [0, 0.05) is 11.8 Å². The minimum Gasteiger partial charge on any atom is -0.497 e. The number of hydrogen-bond donors (Lipinski definition) is 2. The number of amides is 1. The van der Waals surface area contributed by atoms with Crippen LogP contribution in [-0.2, 0) is 16.2 Å². The van der Waals surface area contributed by atoms with Crippen LogP contribution >= 0.6 is 11.6 Å². The molecule has 174 valence electrons. The number of ether oxygens (including phenoxy) is 2. The largest absolute Gasteiger partial charge is 0.497 e. The van der Waals surface area contributed by atoms with E-state index in [1.54, 1.807) is 0 Å². The van der Waals surface area contributed by atoms with Gasteiger partial charge in [0.15, 0.2) is 0 Å². The van der Waals surface area contributed by atoms with E-state index in [1.807, 2.05) is 0 Å². The molecule has 7 nitrogen and oxygen atoms in total. The Hall–Kier alpha value is -3.28. The van der Waals surface area contributed by atoms with Crippen molar-refractivity contribution in [2.24, 2.45) is 5.14 Å². The smallest absolute Gasteiger partial charge is 0.417 e. The fourth-order valence-corrected chi connectivity index (χ4v) is 3.61. The van der Waals surface area contributed by atoms with Crippen LogP contribution in [0.5, 0.6) is 17.2 Å². The van der Waals surface area contributed by atoms with Gasteiger partial charge in [0.2, 0.25) is 10.0 Å². The summed E-state index contributed by atoms with van der Waals surface area (Å²) in [4.78, 5) is 12.6. The summed E-state index contributed by atoms with van der Waals surface area (Å²) in [6, 6.07) is 12.0. The lowest BCUT2D eigenvalue weighted by atomic mass is 10.0. The molecule has 0 unspecified atom stereocenters. The van der Waals surface area contributed by atoms with Gasteiger partial charge in [0.25, 0.3) is 5.91 Å². The first-order valence-corrected chi connectivity index (χ1v) is 11.0. The van der Waals surface area contributed by atoms with E-state index in [4.69, 9.17) is 26.2 Å². The lowest BCUT2D eigenvalue weighted by molar-refractivity contribution is -0.138. The molecule has 3 aromatic carbocycles. The Labute approximate surface area is 191 Å². The van der Waals surface area contributed by atoms with Gasteiger partial charge in [-0.25, -0.2) is 13.6 Å². The fraction of sp³-hybridized carbons (Fsp3) is 0.0952. The lowest BCUT2D eigenvalue weighted by Crippen LogP contribution is -2.20. The Morgan fingerprint density at radius 1 is 1.03 bits per heavy atom. The Morgan fingerprint density at radius 2 is 1.73 bits per heavy atom. The van der Waals surface area contributed by atoms with Crippen molar-refractivity contribution in [2.75, 3.05) is 12.4 Å². The number of nitrogens with two attached hydrogens (primary N) is 1. The van der Waals surface area contributed by atoms with E-state index < -0.39 is 39.0 Å². The van der Waals surface area contributed by atoms with Crippen molar-refractivity contribution in [1.82, 2.24) is 0 Å². The minimum absolute atomic E-state index is 0.0120. The average Bonchev–Trinajstić information content (AvgIpc) is 2.74. The van der Waals surface area contributed by atoms with E-state index in [1.165, 1.54) is 49.6 Å². The number of methoxy groups -OCH3 is 1. The molecule has 0 aliphatic rings. The van der Waals surface area contributed by atoms with Gasteiger partial charge in [-0.15, -0.1) is 0 Å². The van der Waals surface area contributed by atoms with Crippen molar-refractivity contribution in [2.45, 2.75) is 11.1 Å². The first-order valence-electron chi connectivity index (χ1n) is 9.06. The Balaban J connectivity index is 2.05. The number of sulfonamides is 1. The zero-order valence-electron chi connectivity index (χ0n) is 16.8. The standard InChI is InChI=1S/C21H16ClF3N2O5S/c1-31-13-8-9-17(16(22)11-13)32-18-7-3-6-15(21(23,24)25)19(18)20(28)27-12-4-2-5-14(10-12)33(26,29)30/h2-11H,1H3,(H,27,28)(H2,26,29,30). The molecule has 0 aliphatic carbocycles. The van der Waals surface area contributed by atoms with Crippen LogP contribution in [-0.4, -0.2) is 21.4 Å². The van der Waals surface area contributed by atoms with Crippen LogP contribution in [0.15, 0.2) is 65.6 Å². The monoisotopic (exact) mass is 500 g/mol. The maximum atomic E-state index is 13.7. The van der Waals surface area contributed by atoms with Gasteiger partial charge in [0.1, 0.15) is 17.2 Å². The minimum atomic E-state index is -4.89. The third-order valence-corrected chi connectivity index (χ3v) is 5.54. The summed E-state index contributed by atoms with van der Waals surface area (Å²) in [5, 5.41) is 7.35. The van der Waals surface area contributed by atoms with E-state index in [0.29, 0.717) is 5.75 Å². The molecule has 12 heteroatoms. The third kappa shape index (κ3) is 5.75. The summed E-state index contributed by atoms with van der Waals surface area (Å²) < 4.78 is 74.7. The molecule has 33 heavy (non-hydrogen) atoms. The van der Waals surface area contributed by atoms with Crippen LogP contribution in [0.2, 0.25) is 5.02 Å². The molecule has 0 radical (unpaired) electrons. The summed E-state index contributed by atoms with van der Waals surface area (Å²) in [5.74, 6) is -1.22. The quantitative estimate of drug-likeness (QED) is 0.492. The maximum Gasteiger partial charge on any atom is 0.417 e. The highest BCUT2D eigenvalue weighted by Crippen LogP contribution is 2.40. The van der Waals surface area contributed by atoms with Crippen molar-refractivity contribution in [3.63, 3.8) is 0 Å². The molecule has 0 fully saturated rings. The molecule has 3 rings (SSSR count). The summed E-state index contributed by atoms with van der Waals surface area (Å²) in [6.07, 6.45) is -4.89. The van der Waals surface area contributed by atoms with Crippen LogP contribution in [0.1, 0.15) is 15.9 Å². The number of hydrogen-bond acceptors (Lipinski definition) is 5. The van der Waals surface area contributed by atoms with Crippen molar-refractivity contribution < 1.29 is 35.9 Å². The zero-order valence-corrected chi connectivity index (χ0v) is 18.4. The van der Waals surface area contributed by atoms with Gasteiger partial charge in [-0.2, -0.15) is 13.2 Å². The molecule has 1 amide bonds. The highest BCUT2D eigenvalue weighted by Gasteiger charge is 2.37. The third-order valence-electron chi connectivity index (χ3n) is 4.34. The Bertz CT molecular complexity index is 1310. The SMILES string of the molecule is COc1ccc(Oc2cccc(C(F)(F)F)c2C(=O)Nc2cccc(S(N)(=O)=O)c2)c(Cl)c1. The van der Waals surface area contributed by atoms with Gasteiger partial charge >= 0.3 is 6.18 Å². The van der Waals surface area contributed by atoms with Crippen LogP contribution < -0.4 is 19.9 Å². The summed E-state index contributed by atoms with van der Waals surface area (Å²) in [7, 11) is -2.69. The lowest BCUT2D eigenvalue weighted by Gasteiger charge is -2.18. The van der Waals surface area contributed by atoms with Gasteiger partial charge < -0.3 is 14.8 Å². The number of primary sulfonamides is 1. The number of halogens is 4. The molecule has 3 aromatic rings. The van der Waals surface area contributed by atoms with Crippen LogP contribution in [0, 0.1) is 0 Å². The fourth-order valence-electron chi connectivity index (χ4n) is 2.84. The summed E-state index contributed by atoms with van der Waals surface area (Å²) >= 11 is 6.11. The predicted octanol–water partition coefficient (Wildman–Crippen LogP) is 5.06. The second kappa shape index (κ2) is 9.30. The molecule has 0 atom stereocenters. The molecular weight excluding hydrogens is 485 g/mol. The van der Waals surface area contributed by atoms with E-state index in [-0.39, 0.29) is 21.4 Å². The van der Waals surface area contributed by atoms with Crippen LogP contribution in [0.25, 0.3) is 0 Å². The first-order chi connectivity index (χ1) is 15.4. The molecule has 0 bridgehead atoms. The normalized spacial score (nSPS) is 11.7. The number of carbonyl (C=O) groups excluding carboxylic acids is 1. The molecule has 0 spiro atoms. The van der Waals surface area contributed by atoms with Crippen molar-refractivity contribution in [1.29, 1.82) is 0 Å². The van der Waals surface area contributed by atoms with Gasteiger partial charge in [0.05, 0.1) is 28.2 Å². The van der Waals surface area contributed by atoms with Gasteiger partial charge in [-0.3, -0.25) is 4.79 Å².